The molecule has 0 aromatic carbocycles. The van der Waals surface area contributed by atoms with Gasteiger partial charge >= 0.3 is 0 Å². The molecule has 2 N–H and O–H groups in total. The van der Waals surface area contributed by atoms with Crippen LogP contribution in [-0.2, 0) is 6.42 Å². The zero-order chi connectivity index (χ0) is 10.7. The van der Waals surface area contributed by atoms with E-state index in [0.29, 0.717) is 3.57 Å². The van der Waals surface area contributed by atoms with E-state index < -0.39 is 6.43 Å². The number of pyridine rings is 1. The van der Waals surface area contributed by atoms with Crippen molar-refractivity contribution in [2.75, 3.05) is 5.73 Å². The first kappa shape index (κ1) is 11.1. The van der Waals surface area contributed by atoms with Gasteiger partial charge in [0.15, 0.2) is 0 Å². The molecule has 0 spiro atoms. The molecule has 0 saturated carbocycles. The summed E-state index contributed by atoms with van der Waals surface area (Å²) in [6.07, 6.45) is -2.78. The van der Waals surface area contributed by atoms with E-state index in [4.69, 9.17) is 11.0 Å². The fourth-order valence-corrected chi connectivity index (χ4v) is 1.90. The number of anilines is 1. The number of halogens is 3. The average molecular weight is 309 g/mol. The van der Waals surface area contributed by atoms with Crippen molar-refractivity contribution < 1.29 is 8.78 Å². The first-order chi connectivity index (χ1) is 6.56. The van der Waals surface area contributed by atoms with Gasteiger partial charge in [-0.25, -0.2) is 13.8 Å². The quantitative estimate of drug-likeness (QED) is 0.853. The molecular formula is C8H6F2IN3. The molecule has 0 atom stereocenters. The summed E-state index contributed by atoms with van der Waals surface area (Å²) in [6.45, 7) is 0. The maximum atomic E-state index is 12.5. The van der Waals surface area contributed by atoms with Crippen LogP contribution in [0.5, 0.6) is 0 Å². The van der Waals surface area contributed by atoms with Gasteiger partial charge in [0.25, 0.3) is 6.43 Å². The number of alkyl halides is 2. The lowest BCUT2D eigenvalue weighted by Gasteiger charge is -2.08. The summed E-state index contributed by atoms with van der Waals surface area (Å²) in [7, 11) is 0. The molecule has 0 radical (unpaired) electrons. The Morgan fingerprint density at radius 3 is 2.79 bits per heavy atom. The van der Waals surface area contributed by atoms with Gasteiger partial charge < -0.3 is 5.73 Å². The van der Waals surface area contributed by atoms with Crippen LogP contribution in [0.1, 0.15) is 17.7 Å². The first-order valence-electron chi connectivity index (χ1n) is 3.66. The molecule has 0 aliphatic rings. The van der Waals surface area contributed by atoms with E-state index in [1.165, 1.54) is 6.07 Å². The van der Waals surface area contributed by atoms with E-state index in [0.717, 1.165) is 0 Å². The lowest BCUT2D eigenvalue weighted by molar-refractivity contribution is 0.149. The number of rotatable bonds is 2. The Kier molecular flexibility index (Phi) is 3.57. The zero-order valence-corrected chi connectivity index (χ0v) is 9.12. The molecule has 0 saturated heterocycles. The van der Waals surface area contributed by atoms with E-state index in [9.17, 15) is 8.78 Å². The molecule has 3 nitrogen and oxygen atoms in total. The number of nitrogens with two attached hydrogens (primary N) is 1. The molecule has 0 bridgehead atoms. The Morgan fingerprint density at radius 2 is 2.29 bits per heavy atom. The Hall–Kier alpha value is -0.970. The van der Waals surface area contributed by atoms with E-state index in [2.05, 4.69) is 4.98 Å². The molecule has 6 heteroatoms. The molecule has 74 valence electrons. The molecule has 1 aromatic heterocycles. The highest BCUT2D eigenvalue weighted by Crippen LogP contribution is 2.28. The van der Waals surface area contributed by atoms with Gasteiger partial charge in [-0.05, 0) is 28.7 Å². The van der Waals surface area contributed by atoms with Crippen LogP contribution in [0.15, 0.2) is 6.07 Å². The number of nitrogens with zero attached hydrogens (tertiary/aromatic N) is 2. The average Bonchev–Trinajstić information content (AvgIpc) is 2.01. The topological polar surface area (TPSA) is 62.7 Å². The molecule has 0 amide bonds. The van der Waals surface area contributed by atoms with Crippen molar-refractivity contribution >= 4 is 28.4 Å². The van der Waals surface area contributed by atoms with Crippen LogP contribution < -0.4 is 5.73 Å². The van der Waals surface area contributed by atoms with Crippen LogP contribution in [0.3, 0.4) is 0 Å². The van der Waals surface area contributed by atoms with Crippen molar-refractivity contribution in [3.05, 3.63) is 20.9 Å². The molecule has 0 aliphatic carbocycles. The third-order valence-electron chi connectivity index (χ3n) is 1.57. The summed E-state index contributed by atoms with van der Waals surface area (Å²) in [6, 6.07) is 3.14. The first-order valence-corrected chi connectivity index (χ1v) is 4.74. The third kappa shape index (κ3) is 2.29. The van der Waals surface area contributed by atoms with Gasteiger partial charge in [-0.1, -0.05) is 0 Å². The minimum absolute atomic E-state index is 0.0619. The number of nitrogen functional groups attached to an aromatic ring is 1. The van der Waals surface area contributed by atoms with Crippen LogP contribution in [-0.4, -0.2) is 4.98 Å². The van der Waals surface area contributed by atoms with E-state index in [-0.39, 0.29) is 23.5 Å². The molecule has 1 aromatic rings. The third-order valence-corrected chi connectivity index (χ3v) is 2.46. The van der Waals surface area contributed by atoms with Crippen molar-refractivity contribution in [3.8, 4) is 6.07 Å². The van der Waals surface area contributed by atoms with E-state index in [1.54, 1.807) is 28.7 Å². The predicted octanol–water partition coefficient (Wildman–Crippen LogP) is 2.27. The largest absolute Gasteiger partial charge is 0.384 e. The fourth-order valence-electron chi connectivity index (χ4n) is 1.03. The number of hydrogen-bond donors (Lipinski definition) is 1. The van der Waals surface area contributed by atoms with Crippen molar-refractivity contribution in [1.82, 2.24) is 4.98 Å². The highest BCUT2D eigenvalue weighted by Gasteiger charge is 2.18. The van der Waals surface area contributed by atoms with Crippen LogP contribution in [0.4, 0.5) is 14.6 Å². The van der Waals surface area contributed by atoms with Gasteiger partial charge in [-0.3, -0.25) is 0 Å². The summed E-state index contributed by atoms with van der Waals surface area (Å²) in [5.41, 5.74) is 5.26. The number of nitriles is 1. The fraction of sp³-hybridized carbons (Fsp3) is 0.250. The van der Waals surface area contributed by atoms with Crippen LogP contribution >= 0.6 is 22.6 Å². The van der Waals surface area contributed by atoms with Gasteiger partial charge in [0.2, 0.25) is 0 Å². The summed E-state index contributed by atoms with van der Waals surface area (Å²) in [4.78, 5) is 3.72. The monoisotopic (exact) mass is 309 g/mol. The highest BCUT2D eigenvalue weighted by atomic mass is 127. The Morgan fingerprint density at radius 1 is 1.64 bits per heavy atom. The van der Waals surface area contributed by atoms with Gasteiger partial charge in [-0.15, -0.1) is 0 Å². The lowest BCUT2D eigenvalue weighted by Crippen LogP contribution is -2.04. The lowest BCUT2D eigenvalue weighted by atomic mass is 10.1. The maximum absolute atomic E-state index is 12.5. The molecule has 1 heterocycles. The van der Waals surface area contributed by atoms with Gasteiger partial charge in [-0.2, -0.15) is 5.26 Å². The second kappa shape index (κ2) is 4.50. The summed E-state index contributed by atoms with van der Waals surface area (Å²) in [5.74, 6) is 0.157. The second-order valence-corrected chi connectivity index (χ2v) is 3.69. The Labute approximate surface area is 93.1 Å². The number of aromatic nitrogens is 1. The summed E-state index contributed by atoms with van der Waals surface area (Å²) >= 11 is 1.76. The maximum Gasteiger partial charge on any atom is 0.266 e. The normalized spacial score (nSPS) is 10.2. The molecular weight excluding hydrogens is 303 g/mol. The minimum atomic E-state index is -2.63. The standard InChI is InChI=1S/C8H6F2IN3/c9-8(10)7-4(11)3-6(13)14-5(7)1-2-12/h3,8H,1H2,(H2,13,14). The molecule has 0 unspecified atom stereocenters. The highest BCUT2D eigenvalue weighted by molar-refractivity contribution is 14.1. The number of hydrogen-bond acceptors (Lipinski definition) is 3. The molecule has 0 aliphatic heterocycles. The summed E-state index contributed by atoms with van der Waals surface area (Å²) < 4.78 is 25.4. The molecule has 0 fully saturated rings. The van der Waals surface area contributed by atoms with Crippen molar-refractivity contribution in [3.63, 3.8) is 0 Å². The van der Waals surface area contributed by atoms with Crippen molar-refractivity contribution in [1.29, 1.82) is 5.26 Å². The van der Waals surface area contributed by atoms with Crippen LogP contribution in [0.25, 0.3) is 0 Å². The molecule has 1 rings (SSSR count). The SMILES string of the molecule is N#CCc1nc(N)cc(I)c1C(F)F. The summed E-state index contributed by atoms with van der Waals surface area (Å²) in [5, 5.41) is 8.43. The van der Waals surface area contributed by atoms with Gasteiger partial charge in [0.1, 0.15) is 5.82 Å². The zero-order valence-electron chi connectivity index (χ0n) is 6.97. The van der Waals surface area contributed by atoms with Crippen LogP contribution in [0.2, 0.25) is 0 Å². The molecule has 14 heavy (non-hydrogen) atoms. The minimum Gasteiger partial charge on any atom is -0.384 e. The van der Waals surface area contributed by atoms with Gasteiger partial charge in [0.05, 0.1) is 23.7 Å². The van der Waals surface area contributed by atoms with E-state index in [1.807, 2.05) is 0 Å². The second-order valence-electron chi connectivity index (χ2n) is 2.52. The van der Waals surface area contributed by atoms with Crippen molar-refractivity contribution in [2.24, 2.45) is 0 Å². The van der Waals surface area contributed by atoms with Crippen LogP contribution in [0, 0.1) is 14.9 Å². The van der Waals surface area contributed by atoms with Crippen molar-refractivity contribution in [2.45, 2.75) is 12.8 Å². The Balaban J connectivity index is 3.30. The van der Waals surface area contributed by atoms with E-state index >= 15 is 0 Å². The van der Waals surface area contributed by atoms with Gasteiger partial charge in [0, 0.05) is 3.57 Å². The Bertz CT molecular complexity index is 387. The smallest absolute Gasteiger partial charge is 0.266 e. The predicted molar refractivity (Wildman–Crippen MR) is 55.6 cm³/mol.